The van der Waals surface area contributed by atoms with E-state index in [2.05, 4.69) is 0 Å². The van der Waals surface area contributed by atoms with Crippen LogP contribution in [0, 0.1) is 0 Å². The maximum Gasteiger partial charge on any atom is 0.307 e. The molecule has 0 aliphatic heterocycles. The van der Waals surface area contributed by atoms with Crippen LogP contribution in [0.15, 0.2) is 47.1 Å². The van der Waals surface area contributed by atoms with E-state index in [0.29, 0.717) is 11.3 Å². The molecule has 1 aromatic carbocycles. The van der Waals surface area contributed by atoms with Crippen molar-refractivity contribution in [2.24, 2.45) is 0 Å². The van der Waals surface area contributed by atoms with Gasteiger partial charge in [0, 0.05) is 5.56 Å². The number of esters is 1. The highest BCUT2D eigenvalue weighted by Gasteiger charge is 2.24. The molecule has 0 N–H and O–H groups in total. The van der Waals surface area contributed by atoms with E-state index in [1.54, 1.807) is 24.5 Å². The Balaban J connectivity index is 2.25. The van der Waals surface area contributed by atoms with Crippen molar-refractivity contribution in [1.29, 1.82) is 0 Å². The number of carbonyl (C=O) groups excluding carboxylic acids is 2. The minimum atomic E-state index is -0.525. The highest BCUT2D eigenvalue weighted by molar-refractivity contribution is 5.94. The summed E-state index contributed by atoms with van der Waals surface area (Å²) in [7, 11) is 0. The number of ether oxygens (including phenoxy) is 1. The quantitative estimate of drug-likeness (QED) is 0.608. The lowest BCUT2D eigenvalue weighted by Crippen LogP contribution is -2.25. The Morgan fingerprint density at radius 1 is 1.13 bits per heavy atom. The van der Waals surface area contributed by atoms with E-state index in [-0.39, 0.29) is 24.1 Å². The highest BCUT2D eigenvalue weighted by atomic mass is 16.6. The van der Waals surface area contributed by atoms with E-state index in [4.69, 9.17) is 9.15 Å². The van der Waals surface area contributed by atoms with Gasteiger partial charge in [-0.05, 0) is 45.4 Å². The number of hydrogen-bond acceptors (Lipinski definition) is 4. The maximum atomic E-state index is 12.2. The third-order valence-electron chi connectivity index (χ3n) is 3.40. The van der Waals surface area contributed by atoms with Crippen molar-refractivity contribution in [3.63, 3.8) is 0 Å². The summed E-state index contributed by atoms with van der Waals surface area (Å²) < 4.78 is 10.9. The molecule has 4 nitrogen and oxygen atoms in total. The van der Waals surface area contributed by atoms with Crippen molar-refractivity contribution in [3.05, 3.63) is 59.5 Å². The van der Waals surface area contributed by atoms with Gasteiger partial charge in [-0.15, -0.1) is 0 Å². The van der Waals surface area contributed by atoms with Crippen LogP contribution < -0.4 is 0 Å². The Bertz CT molecular complexity index is 660. The van der Waals surface area contributed by atoms with E-state index < -0.39 is 5.60 Å². The monoisotopic (exact) mass is 314 g/mol. The van der Waals surface area contributed by atoms with E-state index >= 15 is 0 Å². The highest BCUT2D eigenvalue weighted by Crippen LogP contribution is 2.30. The summed E-state index contributed by atoms with van der Waals surface area (Å²) in [4.78, 5) is 23.6. The Labute approximate surface area is 136 Å². The number of carbonyl (C=O) groups is 2. The molecule has 4 heteroatoms. The van der Waals surface area contributed by atoms with Crippen LogP contribution in [0.5, 0.6) is 0 Å². The molecule has 0 unspecified atom stereocenters. The number of ketones is 1. The Kier molecular flexibility index (Phi) is 5.04. The molecule has 1 aromatic heterocycles. The first-order chi connectivity index (χ1) is 10.8. The van der Waals surface area contributed by atoms with Gasteiger partial charge in [0.25, 0.3) is 0 Å². The second-order valence-corrected chi connectivity index (χ2v) is 6.54. The molecule has 0 radical (unpaired) electrons. The minimum absolute atomic E-state index is 0.0123. The molecule has 122 valence electrons. The van der Waals surface area contributed by atoms with Gasteiger partial charge in [0.2, 0.25) is 0 Å². The first kappa shape index (κ1) is 17.0. The van der Waals surface area contributed by atoms with Crippen molar-refractivity contribution >= 4 is 11.8 Å². The van der Waals surface area contributed by atoms with Crippen LogP contribution in [0.25, 0.3) is 0 Å². The molecular weight excluding hydrogens is 292 g/mol. The summed E-state index contributed by atoms with van der Waals surface area (Å²) in [6.45, 7) is 7.05. The zero-order valence-corrected chi connectivity index (χ0v) is 14.0. The Morgan fingerprint density at radius 2 is 1.78 bits per heavy atom. The fraction of sp³-hybridized carbons (Fsp3) is 0.368. The van der Waals surface area contributed by atoms with Gasteiger partial charge in [0.15, 0.2) is 5.78 Å². The zero-order chi connectivity index (χ0) is 17.0. The molecule has 0 saturated carbocycles. The molecular formula is C19H22O4. The summed E-state index contributed by atoms with van der Waals surface area (Å²) in [5.41, 5.74) is 1.03. The molecule has 23 heavy (non-hydrogen) atoms. The van der Waals surface area contributed by atoms with Gasteiger partial charge < -0.3 is 9.15 Å². The maximum absolute atomic E-state index is 12.2. The van der Waals surface area contributed by atoms with Gasteiger partial charge in [-0.1, -0.05) is 24.3 Å². The van der Waals surface area contributed by atoms with Crippen molar-refractivity contribution in [1.82, 2.24) is 0 Å². The number of furan rings is 1. The minimum Gasteiger partial charge on any atom is -0.469 e. The van der Waals surface area contributed by atoms with Crippen molar-refractivity contribution < 1.29 is 18.7 Å². The third-order valence-corrected chi connectivity index (χ3v) is 3.40. The van der Waals surface area contributed by atoms with Crippen LogP contribution in [0.3, 0.4) is 0 Å². The van der Waals surface area contributed by atoms with Gasteiger partial charge in [0.1, 0.15) is 11.4 Å². The number of rotatable bonds is 5. The van der Waals surface area contributed by atoms with Gasteiger partial charge in [-0.25, -0.2) is 0 Å². The lowest BCUT2D eigenvalue weighted by atomic mass is 9.92. The smallest absolute Gasteiger partial charge is 0.307 e. The van der Waals surface area contributed by atoms with E-state index in [1.807, 2.05) is 39.0 Å². The van der Waals surface area contributed by atoms with Crippen LogP contribution in [-0.4, -0.2) is 17.4 Å². The summed E-state index contributed by atoms with van der Waals surface area (Å²) >= 11 is 0. The third kappa shape index (κ3) is 4.81. The van der Waals surface area contributed by atoms with Crippen molar-refractivity contribution in [2.75, 3.05) is 0 Å². The van der Waals surface area contributed by atoms with Gasteiger partial charge >= 0.3 is 5.97 Å². The summed E-state index contributed by atoms with van der Waals surface area (Å²) in [5, 5.41) is 0. The predicted molar refractivity (Wildman–Crippen MR) is 87.5 cm³/mol. The molecule has 0 bridgehead atoms. The lowest BCUT2D eigenvalue weighted by Gasteiger charge is -2.22. The van der Waals surface area contributed by atoms with Gasteiger partial charge in [-0.3, -0.25) is 9.59 Å². The Hall–Kier alpha value is -2.36. The fourth-order valence-corrected chi connectivity index (χ4v) is 2.37. The van der Waals surface area contributed by atoms with E-state index in [0.717, 1.165) is 5.56 Å². The standard InChI is InChI=1S/C19H22O4/c1-13(20)14-7-9-15(10-8-14)16(17-6-5-11-22-17)12-18(21)23-19(2,3)4/h5-11,16H,12H2,1-4H3/t16-/m1/s1. The largest absolute Gasteiger partial charge is 0.469 e. The molecule has 0 spiro atoms. The Morgan fingerprint density at radius 3 is 2.26 bits per heavy atom. The predicted octanol–water partition coefficient (Wildman–Crippen LogP) is 4.35. The molecule has 0 amide bonds. The molecule has 2 aromatic rings. The number of benzene rings is 1. The average molecular weight is 314 g/mol. The number of hydrogen-bond donors (Lipinski definition) is 0. The van der Waals surface area contributed by atoms with Crippen LogP contribution in [-0.2, 0) is 9.53 Å². The summed E-state index contributed by atoms with van der Waals surface area (Å²) in [6, 6.07) is 10.9. The first-order valence-corrected chi connectivity index (χ1v) is 7.62. The topological polar surface area (TPSA) is 56.5 Å². The second kappa shape index (κ2) is 6.82. The fourth-order valence-electron chi connectivity index (χ4n) is 2.37. The number of Topliss-reactive ketones (excluding diaryl/α,β-unsaturated/α-hetero) is 1. The summed E-state index contributed by atoms with van der Waals surface area (Å²) in [5.74, 6) is 0.195. The molecule has 2 rings (SSSR count). The normalized spacial score (nSPS) is 12.7. The molecule has 0 saturated heterocycles. The average Bonchev–Trinajstić information content (AvgIpc) is 2.97. The van der Waals surface area contributed by atoms with E-state index in [1.165, 1.54) is 6.92 Å². The molecule has 1 atom stereocenters. The first-order valence-electron chi connectivity index (χ1n) is 7.62. The van der Waals surface area contributed by atoms with Crippen LogP contribution in [0.1, 0.15) is 61.7 Å². The van der Waals surface area contributed by atoms with Crippen LogP contribution in [0.2, 0.25) is 0 Å². The van der Waals surface area contributed by atoms with Crippen LogP contribution >= 0.6 is 0 Å². The molecule has 0 aliphatic carbocycles. The van der Waals surface area contributed by atoms with E-state index in [9.17, 15) is 9.59 Å². The zero-order valence-electron chi connectivity index (χ0n) is 14.0. The van der Waals surface area contributed by atoms with Crippen molar-refractivity contribution in [3.8, 4) is 0 Å². The van der Waals surface area contributed by atoms with Gasteiger partial charge in [0.05, 0.1) is 18.6 Å². The molecule has 0 fully saturated rings. The molecule has 0 aliphatic rings. The van der Waals surface area contributed by atoms with Crippen molar-refractivity contribution in [2.45, 2.75) is 45.6 Å². The lowest BCUT2D eigenvalue weighted by molar-refractivity contribution is -0.155. The molecule has 1 heterocycles. The SMILES string of the molecule is CC(=O)c1ccc([C@@H](CC(=O)OC(C)(C)C)c2ccco2)cc1. The summed E-state index contributed by atoms with van der Waals surface area (Å²) in [6.07, 6.45) is 1.77. The second-order valence-electron chi connectivity index (χ2n) is 6.54. The van der Waals surface area contributed by atoms with Gasteiger partial charge in [-0.2, -0.15) is 0 Å². The van der Waals surface area contributed by atoms with Crippen LogP contribution in [0.4, 0.5) is 0 Å².